The fourth-order valence-electron chi connectivity index (χ4n) is 2.04. The molecule has 0 aromatic heterocycles. The molecule has 0 aliphatic heterocycles. The van der Waals surface area contributed by atoms with E-state index >= 15 is 0 Å². The number of nitrogens with one attached hydrogen (secondary N) is 1. The molecule has 1 amide bonds. The van der Waals surface area contributed by atoms with Crippen molar-refractivity contribution < 1.29 is 18.0 Å². The Labute approximate surface area is 109 Å². The van der Waals surface area contributed by atoms with E-state index in [-0.39, 0.29) is 0 Å². The van der Waals surface area contributed by atoms with Crippen molar-refractivity contribution in [3.63, 3.8) is 0 Å². The van der Waals surface area contributed by atoms with Crippen LogP contribution in [0.2, 0.25) is 0 Å². The van der Waals surface area contributed by atoms with E-state index < -0.39 is 17.6 Å². The van der Waals surface area contributed by atoms with Crippen LogP contribution in [0.1, 0.15) is 24.5 Å². The number of fused-ring (bicyclic) bond motifs is 1. The van der Waals surface area contributed by atoms with Crippen LogP contribution >= 0.6 is 0 Å². The van der Waals surface area contributed by atoms with E-state index in [9.17, 15) is 18.0 Å². The van der Waals surface area contributed by atoms with E-state index in [2.05, 4.69) is 5.32 Å². The zero-order chi connectivity index (χ0) is 14.3. The van der Waals surface area contributed by atoms with Crippen molar-refractivity contribution >= 4 is 11.6 Å². The lowest BCUT2D eigenvalue weighted by Gasteiger charge is -2.26. The van der Waals surface area contributed by atoms with Gasteiger partial charge in [-0.3, -0.25) is 4.79 Å². The monoisotopic (exact) mass is 272 g/mol. The average Bonchev–Trinajstić information content (AvgIpc) is 2.74. The number of anilines is 1. The minimum absolute atomic E-state index is 0.353. The van der Waals surface area contributed by atoms with Crippen molar-refractivity contribution in [1.29, 1.82) is 0 Å². The van der Waals surface area contributed by atoms with Crippen molar-refractivity contribution in [2.24, 2.45) is 5.73 Å². The molecule has 1 unspecified atom stereocenters. The van der Waals surface area contributed by atoms with Crippen LogP contribution in [0.15, 0.2) is 18.2 Å². The van der Waals surface area contributed by atoms with Crippen molar-refractivity contribution in [1.82, 2.24) is 0 Å². The smallest absolute Gasteiger partial charge is 0.324 e. The predicted octanol–water partition coefficient (Wildman–Crippen LogP) is 2.39. The van der Waals surface area contributed by atoms with E-state index in [1.54, 1.807) is 12.1 Å². The standard InChI is InChI=1S/C13H15F3N2O/c1-12(17,13(14,15)16)11(19)18-10-6-5-8-3-2-4-9(8)7-10/h5-7H,2-4,17H2,1H3,(H,18,19). The van der Waals surface area contributed by atoms with E-state index in [0.717, 1.165) is 24.8 Å². The number of alkyl halides is 3. The van der Waals surface area contributed by atoms with Gasteiger partial charge in [-0.1, -0.05) is 6.07 Å². The molecule has 0 spiro atoms. The molecule has 1 aromatic rings. The summed E-state index contributed by atoms with van der Waals surface area (Å²) in [6, 6.07) is 5.15. The van der Waals surface area contributed by atoms with Crippen LogP contribution < -0.4 is 11.1 Å². The third-order valence-electron chi connectivity index (χ3n) is 3.42. The van der Waals surface area contributed by atoms with Crippen molar-refractivity contribution in [3.8, 4) is 0 Å². The summed E-state index contributed by atoms with van der Waals surface area (Å²) in [5.41, 5.74) is 4.77. The first-order chi connectivity index (χ1) is 8.72. The number of rotatable bonds is 2. The summed E-state index contributed by atoms with van der Waals surface area (Å²) >= 11 is 0. The van der Waals surface area contributed by atoms with Gasteiger partial charge < -0.3 is 11.1 Å². The molecular formula is C13H15F3N2O. The molecule has 1 aromatic carbocycles. The Kier molecular flexibility index (Phi) is 3.30. The largest absolute Gasteiger partial charge is 0.415 e. The average molecular weight is 272 g/mol. The SMILES string of the molecule is CC(N)(C(=O)Nc1ccc2c(c1)CCC2)C(F)(F)F. The van der Waals surface area contributed by atoms with Gasteiger partial charge in [0.1, 0.15) is 0 Å². The van der Waals surface area contributed by atoms with E-state index in [4.69, 9.17) is 5.73 Å². The van der Waals surface area contributed by atoms with Gasteiger partial charge in [-0.25, -0.2) is 0 Å². The molecule has 3 nitrogen and oxygen atoms in total. The van der Waals surface area contributed by atoms with Gasteiger partial charge in [-0.05, 0) is 49.4 Å². The van der Waals surface area contributed by atoms with Gasteiger partial charge in [0.2, 0.25) is 0 Å². The lowest BCUT2D eigenvalue weighted by Crippen LogP contribution is -2.59. The van der Waals surface area contributed by atoms with Gasteiger partial charge in [-0.2, -0.15) is 13.2 Å². The second-order valence-electron chi connectivity index (χ2n) is 4.99. The Balaban J connectivity index is 2.16. The number of nitrogens with two attached hydrogens (primary N) is 1. The molecular weight excluding hydrogens is 257 g/mol. The van der Waals surface area contributed by atoms with Crippen LogP contribution in [0.3, 0.4) is 0 Å². The summed E-state index contributed by atoms with van der Waals surface area (Å²) in [5, 5.41) is 2.23. The van der Waals surface area contributed by atoms with Gasteiger partial charge in [0, 0.05) is 5.69 Å². The van der Waals surface area contributed by atoms with Crippen molar-refractivity contribution in [2.75, 3.05) is 5.32 Å². The second kappa shape index (κ2) is 4.52. The maximum atomic E-state index is 12.6. The molecule has 0 heterocycles. The highest BCUT2D eigenvalue weighted by Crippen LogP contribution is 2.30. The molecule has 3 N–H and O–H groups in total. The molecule has 6 heteroatoms. The minimum Gasteiger partial charge on any atom is -0.324 e. The highest BCUT2D eigenvalue weighted by atomic mass is 19.4. The number of halogens is 3. The minimum atomic E-state index is -4.78. The molecule has 1 aliphatic carbocycles. The van der Waals surface area contributed by atoms with Gasteiger partial charge in [0.25, 0.3) is 5.91 Å². The van der Waals surface area contributed by atoms with Crippen LogP contribution in [0.25, 0.3) is 0 Å². The van der Waals surface area contributed by atoms with Gasteiger partial charge in [-0.15, -0.1) is 0 Å². The number of hydrogen-bond donors (Lipinski definition) is 2. The van der Waals surface area contributed by atoms with Crippen LogP contribution in [0, 0.1) is 0 Å². The zero-order valence-electron chi connectivity index (χ0n) is 10.5. The lowest BCUT2D eigenvalue weighted by molar-refractivity contribution is -0.184. The Morgan fingerprint density at radius 1 is 1.26 bits per heavy atom. The summed E-state index contributed by atoms with van der Waals surface area (Å²) in [6.45, 7) is 0.662. The van der Waals surface area contributed by atoms with Crippen molar-refractivity contribution in [2.45, 2.75) is 37.9 Å². The molecule has 0 bridgehead atoms. The summed E-state index contributed by atoms with van der Waals surface area (Å²) in [5.74, 6) is -1.25. The molecule has 1 atom stereocenters. The van der Waals surface area contributed by atoms with Gasteiger partial charge in [0.15, 0.2) is 5.54 Å². The third kappa shape index (κ3) is 2.58. The molecule has 2 rings (SSSR count). The number of amides is 1. The number of hydrogen-bond acceptors (Lipinski definition) is 2. The highest BCUT2D eigenvalue weighted by Gasteiger charge is 2.53. The first-order valence-corrected chi connectivity index (χ1v) is 6.00. The Morgan fingerprint density at radius 2 is 1.89 bits per heavy atom. The molecule has 104 valence electrons. The zero-order valence-corrected chi connectivity index (χ0v) is 10.5. The second-order valence-corrected chi connectivity index (χ2v) is 4.99. The Bertz CT molecular complexity index is 509. The van der Waals surface area contributed by atoms with Crippen LogP contribution in [-0.4, -0.2) is 17.6 Å². The van der Waals surface area contributed by atoms with Crippen molar-refractivity contribution in [3.05, 3.63) is 29.3 Å². The topological polar surface area (TPSA) is 55.1 Å². The summed E-state index contributed by atoms with van der Waals surface area (Å²) in [6.07, 6.45) is -1.89. The quantitative estimate of drug-likeness (QED) is 0.868. The van der Waals surface area contributed by atoms with Gasteiger partial charge >= 0.3 is 6.18 Å². The molecule has 0 fully saturated rings. The van der Waals surface area contributed by atoms with Crippen LogP contribution in [0.5, 0.6) is 0 Å². The molecule has 0 saturated heterocycles. The van der Waals surface area contributed by atoms with Crippen LogP contribution in [0.4, 0.5) is 18.9 Å². The van der Waals surface area contributed by atoms with E-state index in [1.807, 2.05) is 6.07 Å². The number of carbonyl (C=O) groups excluding carboxylic acids is 1. The number of benzene rings is 1. The first kappa shape index (κ1) is 13.9. The maximum absolute atomic E-state index is 12.6. The molecule has 19 heavy (non-hydrogen) atoms. The van der Waals surface area contributed by atoms with Crippen LogP contribution in [-0.2, 0) is 17.6 Å². The third-order valence-corrected chi connectivity index (χ3v) is 3.42. The highest BCUT2D eigenvalue weighted by molar-refractivity contribution is 5.98. The first-order valence-electron chi connectivity index (χ1n) is 6.00. The maximum Gasteiger partial charge on any atom is 0.415 e. The fourth-order valence-corrected chi connectivity index (χ4v) is 2.04. The fraction of sp³-hybridized carbons (Fsp3) is 0.462. The Hall–Kier alpha value is -1.56. The number of carbonyl (C=O) groups is 1. The van der Waals surface area contributed by atoms with E-state index in [0.29, 0.717) is 12.6 Å². The summed E-state index contributed by atoms with van der Waals surface area (Å²) in [4.78, 5) is 11.6. The number of aryl methyl sites for hydroxylation is 2. The Morgan fingerprint density at radius 3 is 2.53 bits per heavy atom. The normalized spacial score (nSPS) is 17.7. The summed E-state index contributed by atoms with van der Waals surface area (Å²) in [7, 11) is 0. The predicted molar refractivity (Wildman–Crippen MR) is 65.7 cm³/mol. The lowest BCUT2D eigenvalue weighted by atomic mass is 10.0. The molecule has 1 aliphatic rings. The molecule has 0 saturated carbocycles. The van der Waals surface area contributed by atoms with E-state index in [1.165, 1.54) is 5.56 Å². The summed E-state index contributed by atoms with van der Waals surface area (Å²) < 4.78 is 37.9. The van der Waals surface area contributed by atoms with Gasteiger partial charge in [0.05, 0.1) is 0 Å². The molecule has 0 radical (unpaired) electrons.